The molecule has 2 unspecified atom stereocenters. The van der Waals surface area contributed by atoms with Gasteiger partial charge >= 0.3 is 0 Å². The van der Waals surface area contributed by atoms with Crippen LogP contribution in [0.2, 0.25) is 0 Å². The molecule has 74 valence electrons. The maximum atomic E-state index is 11.9. The van der Waals surface area contributed by atoms with Crippen molar-refractivity contribution in [3.8, 4) is 0 Å². The molecule has 14 heavy (non-hydrogen) atoms. The van der Waals surface area contributed by atoms with Gasteiger partial charge in [-0.1, -0.05) is 0 Å². The Morgan fingerprint density at radius 3 is 2.79 bits per heavy atom. The number of nitrogens with zero attached hydrogens (tertiary/aromatic N) is 2. The van der Waals surface area contributed by atoms with Crippen molar-refractivity contribution in [3.05, 3.63) is 24.3 Å². The summed E-state index contributed by atoms with van der Waals surface area (Å²) in [4.78, 5) is 19.6. The van der Waals surface area contributed by atoms with Crippen molar-refractivity contribution >= 4 is 5.78 Å². The molecule has 2 atom stereocenters. The molecule has 0 spiro atoms. The molecule has 1 aliphatic rings. The highest BCUT2D eigenvalue weighted by Crippen LogP contribution is 2.19. The minimum atomic E-state index is 0.0843. The molecule has 2 rings (SSSR count). The topological polar surface area (TPSA) is 54.9 Å². The standard InChI is InChI=1S/C10H13N3O/c1-7-9(2-3-13-7)10(14)8-4-11-6-12-5-8/h4-7,9,13H,2-3H2,1H3. The summed E-state index contributed by atoms with van der Waals surface area (Å²) in [6, 6.07) is 0.266. The molecule has 2 heterocycles. The quantitative estimate of drug-likeness (QED) is 0.698. The second-order valence-corrected chi connectivity index (χ2v) is 3.63. The Bertz CT molecular complexity index is 325. The van der Waals surface area contributed by atoms with E-state index in [1.54, 1.807) is 12.4 Å². The van der Waals surface area contributed by atoms with Gasteiger partial charge in [-0.15, -0.1) is 0 Å². The zero-order chi connectivity index (χ0) is 9.97. The van der Waals surface area contributed by atoms with E-state index in [4.69, 9.17) is 0 Å². The van der Waals surface area contributed by atoms with E-state index in [9.17, 15) is 4.79 Å². The first-order valence-corrected chi connectivity index (χ1v) is 4.81. The molecule has 0 aliphatic carbocycles. The van der Waals surface area contributed by atoms with Crippen LogP contribution in [-0.4, -0.2) is 28.3 Å². The van der Waals surface area contributed by atoms with Crippen LogP contribution in [0, 0.1) is 5.92 Å². The number of aromatic nitrogens is 2. The van der Waals surface area contributed by atoms with Crippen molar-refractivity contribution in [3.63, 3.8) is 0 Å². The molecule has 1 fully saturated rings. The van der Waals surface area contributed by atoms with E-state index < -0.39 is 0 Å². The van der Waals surface area contributed by atoms with E-state index in [-0.39, 0.29) is 17.7 Å². The Kier molecular flexibility index (Phi) is 2.54. The fraction of sp³-hybridized carbons (Fsp3) is 0.500. The third kappa shape index (κ3) is 1.65. The second kappa shape index (κ2) is 3.84. The lowest BCUT2D eigenvalue weighted by Crippen LogP contribution is -2.28. The third-order valence-corrected chi connectivity index (χ3v) is 2.71. The van der Waals surface area contributed by atoms with Crippen LogP contribution in [-0.2, 0) is 0 Å². The largest absolute Gasteiger partial charge is 0.313 e. The molecule has 1 aromatic heterocycles. The first kappa shape index (κ1) is 9.27. The van der Waals surface area contributed by atoms with Crippen molar-refractivity contribution in [2.24, 2.45) is 5.92 Å². The van der Waals surface area contributed by atoms with E-state index in [1.807, 2.05) is 6.92 Å². The van der Waals surface area contributed by atoms with E-state index in [1.165, 1.54) is 6.33 Å². The Labute approximate surface area is 82.8 Å². The van der Waals surface area contributed by atoms with Gasteiger partial charge in [-0.2, -0.15) is 0 Å². The molecule has 4 nitrogen and oxygen atoms in total. The molecule has 0 saturated carbocycles. The van der Waals surface area contributed by atoms with Gasteiger partial charge in [-0.25, -0.2) is 9.97 Å². The summed E-state index contributed by atoms with van der Waals surface area (Å²) >= 11 is 0. The molecule has 0 bridgehead atoms. The molecule has 1 N–H and O–H groups in total. The summed E-state index contributed by atoms with van der Waals surface area (Å²) in [5.74, 6) is 0.240. The van der Waals surface area contributed by atoms with Crippen molar-refractivity contribution in [2.75, 3.05) is 6.54 Å². The highest BCUT2D eigenvalue weighted by atomic mass is 16.1. The zero-order valence-corrected chi connectivity index (χ0v) is 8.10. The van der Waals surface area contributed by atoms with Crippen LogP contribution >= 0.6 is 0 Å². The first-order valence-electron chi connectivity index (χ1n) is 4.81. The molecule has 1 aromatic rings. The van der Waals surface area contributed by atoms with Crippen LogP contribution in [0.5, 0.6) is 0 Å². The zero-order valence-electron chi connectivity index (χ0n) is 8.10. The van der Waals surface area contributed by atoms with Gasteiger partial charge in [0.25, 0.3) is 0 Å². The van der Waals surface area contributed by atoms with Gasteiger partial charge in [0.15, 0.2) is 5.78 Å². The minimum Gasteiger partial charge on any atom is -0.313 e. The van der Waals surface area contributed by atoms with E-state index in [2.05, 4.69) is 15.3 Å². The maximum absolute atomic E-state index is 11.9. The van der Waals surface area contributed by atoms with Crippen LogP contribution in [0.1, 0.15) is 23.7 Å². The number of nitrogens with one attached hydrogen (secondary N) is 1. The first-order chi connectivity index (χ1) is 6.79. The third-order valence-electron chi connectivity index (χ3n) is 2.71. The van der Waals surface area contributed by atoms with Gasteiger partial charge in [-0.3, -0.25) is 4.79 Å². The average molecular weight is 191 g/mol. The van der Waals surface area contributed by atoms with Gasteiger partial charge < -0.3 is 5.32 Å². The Balaban J connectivity index is 2.16. The second-order valence-electron chi connectivity index (χ2n) is 3.63. The summed E-state index contributed by atoms with van der Waals surface area (Å²) in [6.45, 7) is 2.96. The normalized spacial score (nSPS) is 26.4. The molecule has 1 saturated heterocycles. The molecule has 4 heteroatoms. The number of Topliss-reactive ketones (excluding diaryl/α,β-unsaturated/α-hetero) is 1. The Morgan fingerprint density at radius 2 is 2.21 bits per heavy atom. The lowest BCUT2D eigenvalue weighted by molar-refractivity contribution is 0.0913. The van der Waals surface area contributed by atoms with Crippen LogP contribution in [0.4, 0.5) is 0 Å². The molecular formula is C10H13N3O. The van der Waals surface area contributed by atoms with Crippen molar-refractivity contribution in [1.82, 2.24) is 15.3 Å². The highest BCUT2D eigenvalue weighted by Gasteiger charge is 2.30. The highest BCUT2D eigenvalue weighted by molar-refractivity contribution is 5.97. The fourth-order valence-corrected chi connectivity index (χ4v) is 1.86. The summed E-state index contributed by atoms with van der Waals surface area (Å²) in [5.41, 5.74) is 0.619. The minimum absolute atomic E-state index is 0.0843. The number of rotatable bonds is 2. The van der Waals surface area contributed by atoms with Gasteiger partial charge in [-0.05, 0) is 19.9 Å². The fourth-order valence-electron chi connectivity index (χ4n) is 1.86. The summed E-state index contributed by atoms with van der Waals surface area (Å²) in [6.07, 6.45) is 5.52. The van der Waals surface area contributed by atoms with E-state index in [0.29, 0.717) is 5.56 Å². The molecule has 0 radical (unpaired) electrons. The number of hydrogen-bond acceptors (Lipinski definition) is 4. The summed E-state index contributed by atoms with van der Waals surface area (Å²) in [5, 5.41) is 3.26. The molecular weight excluding hydrogens is 178 g/mol. The van der Waals surface area contributed by atoms with Crippen LogP contribution in [0.25, 0.3) is 0 Å². The lowest BCUT2D eigenvalue weighted by Gasteiger charge is -2.12. The number of carbonyl (C=O) groups is 1. The van der Waals surface area contributed by atoms with E-state index >= 15 is 0 Å². The monoisotopic (exact) mass is 191 g/mol. The van der Waals surface area contributed by atoms with Crippen LogP contribution in [0.15, 0.2) is 18.7 Å². The number of hydrogen-bond donors (Lipinski definition) is 1. The summed E-state index contributed by atoms with van der Waals surface area (Å²) in [7, 11) is 0. The van der Waals surface area contributed by atoms with Crippen molar-refractivity contribution in [1.29, 1.82) is 0 Å². The van der Waals surface area contributed by atoms with Gasteiger partial charge in [0, 0.05) is 24.4 Å². The molecule has 1 aliphatic heterocycles. The van der Waals surface area contributed by atoms with Gasteiger partial charge in [0.2, 0.25) is 0 Å². The van der Waals surface area contributed by atoms with Crippen LogP contribution < -0.4 is 5.32 Å². The average Bonchev–Trinajstić information content (AvgIpc) is 2.65. The summed E-state index contributed by atoms with van der Waals surface area (Å²) < 4.78 is 0. The van der Waals surface area contributed by atoms with E-state index in [0.717, 1.165) is 13.0 Å². The van der Waals surface area contributed by atoms with Crippen molar-refractivity contribution in [2.45, 2.75) is 19.4 Å². The number of carbonyl (C=O) groups excluding carboxylic acids is 1. The Morgan fingerprint density at radius 1 is 1.50 bits per heavy atom. The number of ketones is 1. The van der Waals surface area contributed by atoms with Crippen LogP contribution in [0.3, 0.4) is 0 Å². The maximum Gasteiger partial charge on any atom is 0.170 e. The molecule has 0 amide bonds. The molecule has 0 aromatic carbocycles. The Hall–Kier alpha value is -1.29. The smallest absolute Gasteiger partial charge is 0.170 e. The predicted molar refractivity (Wildman–Crippen MR) is 51.9 cm³/mol. The van der Waals surface area contributed by atoms with Crippen molar-refractivity contribution < 1.29 is 4.79 Å². The van der Waals surface area contributed by atoms with Gasteiger partial charge in [0.1, 0.15) is 6.33 Å². The lowest BCUT2D eigenvalue weighted by atomic mass is 9.93. The SMILES string of the molecule is CC1NCCC1C(=O)c1cncnc1. The van der Waals surface area contributed by atoms with Gasteiger partial charge in [0.05, 0.1) is 5.56 Å². The predicted octanol–water partition coefficient (Wildman–Crippen LogP) is 0.657.